The number of imidazole rings is 1. The minimum Gasteiger partial charge on any atom is -0.489 e. The first-order valence-electron chi connectivity index (χ1n) is 10.3. The molecule has 0 amide bonds. The molecule has 12 heteroatoms. The maximum Gasteiger partial charge on any atom is 0.357 e. The van der Waals surface area contributed by atoms with Crippen LogP contribution in [0.4, 0.5) is 0 Å². The van der Waals surface area contributed by atoms with Gasteiger partial charge in [-0.15, -0.1) is 10.2 Å². The van der Waals surface area contributed by atoms with E-state index in [9.17, 15) is 9.90 Å². The van der Waals surface area contributed by atoms with Gasteiger partial charge in [0.2, 0.25) is 5.82 Å². The fourth-order valence-corrected chi connectivity index (χ4v) is 4.38. The van der Waals surface area contributed by atoms with Gasteiger partial charge in [0.15, 0.2) is 5.69 Å². The lowest BCUT2D eigenvalue weighted by Crippen LogP contribution is -2.05. The van der Waals surface area contributed by atoms with E-state index in [1.165, 1.54) is 0 Å². The minimum absolute atomic E-state index is 0.0172. The molecule has 9 nitrogen and oxygen atoms in total. The first-order valence-corrected chi connectivity index (χ1v) is 11.4. The van der Waals surface area contributed by atoms with Crippen molar-refractivity contribution in [2.75, 3.05) is 0 Å². The van der Waals surface area contributed by atoms with Gasteiger partial charge in [-0.2, -0.15) is 5.21 Å². The fourth-order valence-electron chi connectivity index (χ4n) is 3.56. The molecule has 0 spiro atoms. The summed E-state index contributed by atoms with van der Waals surface area (Å²) in [5, 5.41) is 23.9. The van der Waals surface area contributed by atoms with Gasteiger partial charge in [-0.05, 0) is 35.4 Å². The lowest BCUT2D eigenvalue weighted by molar-refractivity contribution is 0.0691. The zero-order valence-corrected chi connectivity index (χ0v) is 20.1. The molecule has 2 aromatic heterocycles. The van der Waals surface area contributed by atoms with E-state index in [1.807, 2.05) is 31.2 Å². The van der Waals surface area contributed by atoms with Crippen LogP contribution in [0, 0.1) is 0 Å². The summed E-state index contributed by atoms with van der Waals surface area (Å²) in [6.07, 6.45) is 1.64. The van der Waals surface area contributed by atoms with Gasteiger partial charge < -0.3 is 14.8 Å². The number of carboxylic acids is 1. The van der Waals surface area contributed by atoms with E-state index in [1.54, 1.807) is 12.1 Å². The second-order valence-corrected chi connectivity index (χ2v) is 8.58. The van der Waals surface area contributed by atoms with Crippen molar-refractivity contribution in [3.63, 3.8) is 0 Å². The van der Waals surface area contributed by atoms with Gasteiger partial charge in [0.05, 0.1) is 15.6 Å². The summed E-state index contributed by atoms with van der Waals surface area (Å²) in [5.41, 5.74) is 1.97. The first kappa shape index (κ1) is 24.0. The standard InChI is InChI=1S/C22H19Cl3N6O3/c1-2-3-14(20-26-18(22(32)33)19(25)27-20)11-4-7-13(8-5-11)34-10-12-6-9-15(23)16(17(12)24)21-28-30-31-29-21/h4-9,14H,2-3,10H2,1H3,(H,26,27)(H,32,33)(H,28,29,30,31). The number of carboxylic acid groups (broad SMARTS) is 1. The number of nitrogens with zero attached hydrogens (tertiary/aromatic N) is 4. The Hall–Kier alpha value is -3.14. The van der Waals surface area contributed by atoms with Gasteiger partial charge in [-0.25, -0.2) is 9.78 Å². The highest BCUT2D eigenvalue weighted by molar-refractivity contribution is 6.39. The Morgan fingerprint density at radius 1 is 1.15 bits per heavy atom. The number of tetrazole rings is 1. The Balaban J connectivity index is 1.51. The number of rotatable bonds is 9. The molecule has 0 aliphatic carbocycles. The van der Waals surface area contributed by atoms with Crippen LogP contribution in [0.5, 0.6) is 5.75 Å². The molecule has 4 rings (SSSR count). The van der Waals surface area contributed by atoms with Crippen LogP contribution in [0.1, 0.15) is 53.1 Å². The third-order valence-corrected chi connectivity index (χ3v) is 6.23. The third-order valence-electron chi connectivity index (χ3n) is 5.20. The quantitative estimate of drug-likeness (QED) is 0.255. The molecule has 2 heterocycles. The number of nitrogens with one attached hydrogen (secondary N) is 2. The summed E-state index contributed by atoms with van der Waals surface area (Å²) in [6, 6.07) is 11.0. The average molecular weight is 522 g/mol. The van der Waals surface area contributed by atoms with E-state index in [2.05, 4.69) is 30.6 Å². The van der Waals surface area contributed by atoms with Crippen molar-refractivity contribution in [1.82, 2.24) is 30.6 Å². The monoisotopic (exact) mass is 520 g/mol. The van der Waals surface area contributed by atoms with Crippen LogP contribution in [0.3, 0.4) is 0 Å². The van der Waals surface area contributed by atoms with E-state index < -0.39 is 5.97 Å². The lowest BCUT2D eigenvalue weighted by Gasteiger charge is -2.15. The van der Waals surface area contributed by atoms with E-state index in [4.69, 9.17) is 39.5 Å². The van der Waals surface area contributed by atoms with Gasteiger partial charge >= 0.3 is 5.97 Å². The molecule has 0 aliphatic rings. The molecule has 176 valence electrons. The van der Waals surface area contributed by atoms with Crippen molar-refractivity contribution >= 4 is 40.8 Å². The molecule has 0 radical (unpaired) electrons. The van der Waals surface area contributed by atoms with Gasteiger partial charge in [0.25, 0.3) is 0 Å². The number of ether oxygens (including phenoxy) is 1. The minimum atomic E-state index is -1.17. The smallest absolute Gasteiger partial charge is 0.357 e. The van der Waals surface area contributed by atoms with Crippen LogP contribution in [-0.2, 0) is 6.61 Å². The Morgan fingerprint density at radius 2 is 1.91 bits per heavy atom. The van der Waals surface area contributed by atoms with E-state index in [-0.39, 0.29) is 23.4 Å². The highest BCUT2D eigenvalue weighted by Crippen LogP contribution is 2.35. The summed E-state index contributed by atoms with van der Waals surface area (Å²) < 4.78 is 5.93. The van der Waals surface area contributed by atoms with Crippen molar-refractivity contribution in [3.05, 3.63) is 74.2 Å². The molecule has 1 unspecified atom stereocenters. The van der Waals surface area contributed by atoms with Crippen molar-refractivity contribution in [2.45, 2.75) is 32.3 Å². The molecule has 0 bridgehead atoms. The molecular weight excluding hydrogens is 503 g/mol. The second-order valence-electron chi connectivity index (χ2n) is 7.42. The van der Waals surface area contributed by atoms with Crippen LogP contribution < -0.4 is 4.74 Å². The van der Waals surface area contributed by atoms with E-state index in [0.717, 1.165) is 18.4 Å². The SMILES string of the molecule is CCCC(c1ccc(OCc2ccc(Cl)c(-c3nn[nH]n3)c2Cl)cc1)c1nc(C(=O)O)c(Cl)[nH]1. The van der Waals surface area contributed by atoms with Crippen LogP contribution in [0.25, 0.3) is 11.4 Å². The van der Waals surface area contributed by atoms with Crippen molar-refractivity contribution in [2.24, 2.45) is 0 Å². The largest absolute Gasteiger partial charge is 0.489 e. The lowest BCUT2D eigenvalue weighted by atomic mass is 9.94. The fraction of sp³-hybridized carbons (Fsp3) is 0.227. The number of aromatic carboxylic acids is 1. The summed E-state index contributed by atoms with van der Waals surface area (Å²) in [4.78, 5) is 18.4. The number of hydrogen-bond acceptors (Lipinski definition) is 6. The number of halogens is 3. The summed E-state index contributed by atoms with van der Waals surface area (Å²) >= 11 is 18.8. The predicted octanol–water partition coefficient (Wildman–Crippen LogP) is 5.76. The summed E-state index contributed by atoms with van der Waals surface area (Å²) in [6.45, 7) is 2.25. The Bertz CT molecular complexity index is 1290. The topological polar surface area (TPSA) is 130 Å². The number of benzene rings is 2. The Morgan fingerprint density at radius 3 is 2.53 bits per heavy atom. The molecule has 34 heavy (non-hydrogen) atoms. The van der Waals surface area contributed by atoms with E-state index in [0.29, 0.717) is 38.6 Å². The van der Waals surface area contributed by atoms with Crippen molar-refractivity contribution in [1.29, 1.82) is 0 Å². The summed E-state index contributed by atoms with van der Waals surface area (Å²) in [7, 11) is 0. The molecule has 4 aromatic rings. The van der Waals surface area contributed by atoms with Crippen molar-refractivity contribution < 1.29 is 14.6 Å². The molecule has 0 saturated carbocycles. The maximum absolute atomic E-state index is 11.3. The Labute approximate surface area is 209 Å². The van der Waals surface area contributed by atoms with Gasteiger partial charge in [-0.3, -0.25) is 0 Å². The number of aromatic nitrogens is 6. The molecule has 0 aliphatic heterocycles. The Kier molecular flexibility index (Phi) is 7.35. The average Bonchev–Trinajstić information content (AvgIpc) is 3.48. The van der Waals surface area contributed by atoms with Crippen LogP contribution in [0.15, 0.2) is 36.4 Å². The number of carbonyl (C=O) groups is 1. The van der Waals surface area contributed by atoms with Crippen LogP contribution in [-0.4, -0.2) is 41.7 Å². The van der Waals surface area contributed by atoms with Crippen molar-refractivity contribution in [3.8, 4) is 17.1 Å². The first-order chi connectivity index (χ1) is 16.4. The zero-order chi connectivity index (χ0) is 24.2. The number of H-pyrrole nitrogens is 2. The normalized spacial score (nSPS) is 12.0. The van der Waals surface area contributed by atoms with Gasteiger partial charge in [-0.1, -0.05) is 66.3 Å². The molecule has 0 fully saturated rings. The number of hydrogen-bond donors (Lipinski definition) is 3. The molecular formula is C22H19Cl3N6O3. The third kappa shape index (κ3) is 5.01. The van der Waals surface area contributed by atoms with E-state index >= 15 is 0 Å². The zero-order valence-electron chi connectivity index (χ0n) is 17.8. The van der Waals surface area contributed by atoms with Crippen LogP contribution in [0.2, 0.25) is 15.2 Å². The van der Waals surface area contributed by atoms with Gasteiger partial charge in [0.1, 0.15) is 23.3 Å². The second kappa shape index (κ2) is 10.4. The molecule has 2 aromatic carbocycles. The highest BCUT2D eigenvalue weighted by atomic mass is 35.5. The highest BCUT2D eigenvalue weighted by Gasteiger charge is 2.22. The predicted molar refractivity (Wildman–Crippen MR) is 128 cm³/mol. The molecule has 1 atom stereocenters. The van der Waals surface area contributed by atoms with Crippen LogP contribution >= 0.6 is 34.8 Å². The molecule has 0 saturated heterocycles. The summed E-state index contributed by atoms with van der Waals surface area (Å²) in [5.74, 6) is 0.143. The molecule has 3 N–H and O–H groups in total. The van der Waals surface area contributed by atoms with Gasteiger partial charge in [0, 0.05) is 11.5 Å². The maximum atomic E-state index is 11.3. The number of aromatic amines is 2.